The second-order valence-corrected chi connectivity index (χ2v) is 5.99. The van der Waals surface area contributed by atoms with E-state index in [2.05, 4.69) is 11.4 Å². The first-order valence-corrected chi connectivity index (χ1v) is 8.13. The molecule has 2 aliphatic rings. The van der Waals surface area contributed by atoms with Gasteiger partial charge >= 0.3 is 12.0 Å². The Balaban J connectivity index is 1.82. The number of urea groups is 1. The molecular formula is C16H26N2O3. The lowest BCUT2D eigenvalue weighted by atomic mass is 9.97. The number of nitrogens with zero attached hydrogens (tertiary/aromatic N) is 1. The Morgan fingerprint density at radius 2 is 2.10 bits per heavy atom. The van der Waals surface area contributed by atoms with Crippen molar-refractivity contribution in [1.29, 1.82) is 0 Å². The van der Waals surface area contributed by atoms with Gasteiger partial charge < -0.3 is 15.3 Å². The fourth-order valence-electron chi connectivity index (χ4n) is 3.17. The summed E-state index contributed by atoms with van der Waals surface area (Å²) < 4.78 is 0. The SMILES string of the molecule is O=C(O)C1CCCCCN1C(=O)NCCC1=CCCCC1. The van der Waals surface area contributed by atoms with Crippen LogP contribution >= 0.6 is 0 Å². The van der Waals surface area contributed by atoms with Crippen LogP contribution in [0.5, 0.6) is 0 Å². The van der Waals surface area contributed by atoms with Gasteiger partial charge in [0.25, 0.3) is 0 Å². The standard InChI is InChI=1S/C16H26N2O3/c19-15(20)14-9-5-2-6-12-18(14)16(21)17-11-10-13-7-3-1-4-8-13/h7,14H,1-6,8-12H2,(H,17,21)(H,19,20). The molecule has 1 fully saturated rings. The molecule has 0 aromatic heterocycles. The van der Waals surface area contributed by atoms with Gasteiger partial charge in [0.2, 0.25) is 0 Å². The van der Waals surface area contributed by atoms with Crippen LogP contribution in [0.3, 0.4) is 0 Å². The summed E-state index contributed by atoms with van der Waals surface area (Å²) in [7, 11) is 0. The highest BCUT2D eigenvalue weighted by molar-refractivity contribution is 5.82. The molecule has 1 aliphatic carbocycles. The number of amides is 2. The van der Waals surface area contributed by atoms with E-state index in [1.54, 1.807) is 0 Å². The van der Waals surface area contributed by atoms with E-state index in [1.807, 2.05) is 0 Å². The van der Waals surface area contributed by atoms with E-state index in [1.165, 1.54) is 23.3 Å². The molecule has 5 heteroatoms. The van der Waals surface area contributed by atoms with Crippen molar-refractivity contribution < 1.29 is 14.7 Å². The molecule has 2 N–H and O–H groups in total. The van der Waals surface area contributed by atoms with Crippen molar-refractivity contribution in [2.75, 3.05) is 13.1 Å². The van der Waals surface area contributed by atoms with Crippen LogP contribution in [0.4, 0.5) is 4.79 Å². The molecule has 21 heavy (non-hydrogen) atoms. The first-order chi connectivity index (χ1) is 10.2. The van der Waals surface area contributed by atoms with E-state index < -0.39 is 12.0 Å². The Kier molecular flexibility index (Phi) is 6.08. The van der Waals surface area contributed by atoms with Crippen LogP contribution in [0, 0.1) is 0 Å². The first kappa shape index (κ1) is 15.9. The molecule has 0 saturated carbocycles. The summed E-state index contributed by atoms with van der Waals surface area (Å²) in [5.74, 6) is -0.887. The molecular weight excluding hydrogens is 268 g/mol. The van der Waals surface area contributed by atoms with E-state index in [-0.39, 0.29) is 6.03 Å². The Morgan fingerprint density at radius 3 is 2.81 bits per heavy atom. The molecule has 1 unspecified atom stereocenters. The lowest BCUT2D eigenvalue weighted by Crippen LogP contribution is -2.49. The van der Waals surface area contributed by atoms with Gasteiger partial charge in [0.15, 0.2) is 0 Å². The minimum Gasteiger partial charge on any atom is -0.480 e. The van der Waals surface area contributed by atoms with Crippen LogP contribution in [0.1, 0.15) is 57.8 Å². The molecule has 2 amide bonds. The number of carbonyl (C=O) groups is 2. The highest BCUT2D eigenvalue weighted by Gasteiger charge is 2.30. The lowest BCUT2D eigenvalue weighted by Gasteiger charge is -2.27. The van der Waals surface area contributed by atoms with E-state index in [4.69, 9.17) is 0 Å². The van der Waals surface area contributed by atoms with Gasteiger partial charge in [-0.3, -0.25) is 0 Å². The maximum Gasteiger partial charge on any atom is 0.326 e. The maximum absolute atomic E-state index is 12.2. The third-order valence-electron chi connectivity index (χ3n) is 4.41. The molecule has 0 spiro atoms. The third kappa shape index (κ3) is 4.76. The number of carboxylic acids is 1. The van der Waals surface area contributed by atoms with Gasteiger partial charge in [-0.15, -0.1) is 0 Å². The summed E-state index contributed by atoms with van der Waals surface area (Å²) in [5.41, 5.74) is 1.42. The fourth-order valence-corrected chi connectivity index (χ4v) is 3.17. The van der Waals surface area contributed by atoms with Gasteiger partial charge in [-0.25, -0.2) is 9.59 Å². The number of carboxylic acid groups (broad SMARTS) is 1. The number of allylic oxidation sites excluding steroid dienone is 1. The van der Waals surface area contributed by atoms with Gasteiger partial charge in [-0.2, -0.15) is 0 Å². The summed E-state index contributed by atoms with van der Waals surface area (Å²) >= 11 is 0. The molecule has 0 bridgehead atoms. The number of aliphatic carboxylic acids is 1. The van der Waals surface area contributed by atoms with Crippen LogP contribution in [0.15, 0.2) is 11.6 Å². The number of likely N-dealkylation sites (tertiary alicyclic amines) is 1. The molecule has 1 heterocycles. The van der Waals surface area contributed by atoms with Crippen LogP contribution in [0.25, 0.3) is 0 Å². The van der Waals surface area contributed by atoms with E-state index >= 15 is 0 Å². The predicted octanol–water partition coefficient (Wildman–Crippen LogP) is 2.92. The minimum atomic E-state index is -0.887. The van der Waals surface area contributed by atoms with Crippen molar-refractivity contribution in [1.82, 2.24) is 10.2 Å². The lowest BCUT2D eigenvalue weighted by molar-refractivity contribution is -0.142. The maximum atomic E-state index is 12.2. The molecule has 1 atom stereocenters. The highest BCUT2D eigenvalue weighted by Crippen LogP contribution is 2.20. The number of hydrogen-bond donors (Lipinski definition) is 2. The summed E-state index contributed by atoms with van der Waals surface area (Å²) in [5, 5.41) is 12.2. The molecule has 2 rings (SSSR count). The Labute approximate surface area is 126 Å². The van der Waals surface area contributed by atoms with Gasteiger partial charge in [0.05, 0.1) is 0 Å². The van der Waals surface area contributed by atoms with Crippen molar-refractivity contribution in [3.63, 3.8) is 0 Å². The number of hydrogen-bond acceptors (Lipinski definition) is 2. The topological polar surface area (TPSA) is 69.6 Å². The minimum absolute atomic E-state index is 0.222. The number of carbonyl (C=O) groups excluding carboxylic acids is 1. The second-order valence-electron chi connectivity index (χ2n) is 5.99. The fraction of sp³-hybridized carbons (Fsp3) is 0.750. The van der Waals surface area contributed by atoms with Crippen molar-refractivity contribution in [3.05, 3.63) is 11.6 Å². The van der Waals surface area contributed by atoms with Crippen LogP contribution in [0.2, 0.25) is 0 Å². The van der Waals surface area contributed by atoms with E-state index in [0.717, 1.165) is 38.5 Å². The summed E-state index contributed by atoms with van der Waals surface area (Å²) in [6.45, 7) is 1.15. The second kappa shape index (κ2) is 8.05. The smallest absolute Gasteiger partial charge is 0.326 e. The van der Waals surface area contributed by atoms with Crippen LogP contribution in [-0.2, 0) is 4.79 Å². The molecule has 1 aliphatic heterocycles. The van der Waals surface area contributed by atoms with Crippen molar-refractivity contribution in [2.24, 2.45) is 0 Å². The first-order valence-electron chi connectivity index (χ1n) is 8.13. The van der Waals surface area contributed by atoms with Crippen LogP contribution < -0.4 is 5.32 Å². The number of nitrogens with one attached hydrogen (secondary N) is 1. The van der Waals surface area contributed by atoms with Gasteiger partial charge in [-0.1, -0.05) is 24.5 Å². The predicted molar refractivity (Wildman–Crippen MR) is 81.2 cm³/mol. The molecule has 0 radical (unpaired) electrons. The average Bonchev–Trinajstić information content (AvgIpc) is 2.74. The molecule has 118 valence electrons. The molecule has 0 aromatic rings. The summed E-state index contributed by atoms with van der Waals surface area (Å²) in [6, 6.07) is -0.887. The Hall–Kier alpha value is -1.52. The third-order valence-corrected chi connectivity index (χ3v) is 4.41. The quantitative estimate of drug-likeness (QED) is 0.783. The van der Waals surface area contributed by atoms with Gasteiger partial charge in [-0.05, 0) is 44.9 Å². The largest absolute Gasteiger partial charge is 0.480 e. The Morgan fingerprint density at radius 1 is 1.24 bits per heavy atom. The van der Waals surface area contributed by atoms with E-state index in [9.17, 15) is 14.7 Å². The number of rotatable bonds is 4. The van der Waals surface area contributed by atoms with Gasteiger partial charge in [0.1, 0.15) is 6.04 Å². The molecule has 1 saturated heterocycles. The highest BCUT2D eigenvalue weighted by atomic mass is 16.4. The van der Waals surface area contributed by atoms with Crippen molar-refractivity contribution in [3.8, 4) is 0 Å². The Bertz CT molecular complexity index is 406. The zero-order valence-corrected chi connectivity index (χ0v) is 12.6. The zero-order chi connectivity index (χ0) is 15.1. The molecule has 5 nitrogen and oxygen atoms in total. The van der Waals surface area contributed by atoms with Crippen molar-refractivity contribution in [2.45, 2.75) is 63.8 Å². The van der Waals surface area contributed by atoms with Crippen LogP contribution in [-0.4, -0.2) is 41.1 Å². The summed E-state index contributed by atoms with van der Waals surface area (Å²) in [4.78, 5) is 25.1. The van der Waals surface area contributed by atoms with Gasteiger partial charge in [0, 0.05) is 13.1 Å². The zero-order valence-electron chi connectivity index (χ0n) is 12.6. The molecule has 0 aromatic carbocycles. The monoisotopic (exact) mass is 294 g/mol. The van der Waals surface area contributed by atoms with E-state index in [0.29, 0.717) is 19.5 Å². The average molecular weight is 294 g/mol. The van der Waals surface area contributed by atoms with Crippen molar-refractivity contribution >= 4 is 12.0 Å². The normalized spacial score (nSPS) is 23.1. The summed E-state index contributed by atoms with van der Waals surface area (Å²) in [6.07, 6.45) is 11.3.